The maximum absolute atomic E-state index is 13.1. The first kappa shape index (κ1) is 11.2. The van der Waals surface area contributed by atoms with Crippen LogP contribution in [0, 0.1) is 12.7 Å². The lowest BCUT2D eigenvalue weighted by molar-refractivity contribution is 0.595. The van der Waals surface area contributed by atoms with Crippen LogP contribution in [0.4, 0.5) is 10.2 Å². The number of pyridine rings is 1. The molecule has 12 heavy (non-hydrogen) atoms. The van der Waals surface area contributed by atoms with Crippen LogP contribution in [0.2, 0.25) is 0 Å². The molecule has 0 spiro atoms. The van der Waals surface area contributed by atoms with Crippen LogP contribution in [0.15, 0.2) is 6.07 Å². The maximum Gasteiger partial charge on any atom is 0.147 e. The first-order valence-corrected chi connectivity index (χ1v) is 3.56. The fourth-order valence-electron chi connectivity index (χ4n) is 1.01. The Hall–Kier alpha value is -0.830. The largest absolute Gasteiger partial charge is 0.384 e. The van der Waals surface area contributed by atoms with E-state index in [4.69, 9.17) is 5.73 Å². The van der Waals surface area contributed by atoms with E-state index in [-0.39, 0.29) is 18.2 Å². The highest BCUT2D eigenvalue weighted by Crippen LogP contribution is 2.13. The van der Waals surface area contributed by atoms with Crippen LogP contribution in [0.3, 0.4) is 0 Å². The van der Waals surface area contributed by atoms with Gasteiger partial charge in [0.15, 0.2) is 0 Å². The van der Waals surface area contributed by atoms with Crippen LogP contribution in [0.5, 0.6) is 0 Å². The van der Waals surface area contributed by atoms with Crippen molar-refractivity contribution in [2.24, 2.45) is 0 Å². The molecule has 2 nitrogen and oxygen atoms in total. The van der Waals surface area contributed by atoms with Gasteiger partial charge in [-0.2, -0.15) is 0 Å². The molecule has 0 atom stereocenters. The molecule has 1 heterocycles. The van der Waals surface area contributed by atoms with Crippen molar-refractivity contribution in [1.82, 2.24) is 4.98 Å². The molecule has 1 rings (SSSR count). The van der Waals surface area contributed by atoms with Gasteiger partial charge >= 0.3 is 0 Å². The van der Waals surface area contributed by atoms with Gasteiger partial charge in [-0.3, -0.25) is 0 Å². The predicted octanol–water partition coefficient (Wildman–Crippen LogP) is 2.10. The molecule has 0 aliphatic carbocycles. The van der Waals surface area contributed by atoms with Crippen molar-refractivity contribution >= 4 is 18.2 Å². The number of nitrogen functional groups attached to an aromatic ring is 1. The normalized spacial score (nSPS) is 9.25. The number of nitrogens with two attached hydrogens (primary N) is 1. The summed E-state index contributed by atoms with van der Waals surface area (Å²) in [4.78, 5) is 3.78. The molecule has 2 N–H and O–H groups in total. The molecule has 68 valence electrons. The third-order valence-electron chi connectivity index (χ3n) is 1.60. The van der Waals surface area contributed by atoms with E-state index in [0.29, 0.717) is 23.5 Å². The van der Waals surface area contributed by atoms with E-state index in [1.54, 1.807) is 13.0 Å². The van der Waals surface area contributed by atoms with Crippen molar-refractivity contribution in [2.75, 3.05) is 5.73 Å². The van der Waals surface area contributed by atoms with E-state index in [9.17, 15) is 4.39 Å². The second kappa shape index (κ2) is 4.26. The highest BCUT2D eigenvalue weighted by atomic mass is 35.5. The standard InChI is InChI=1S/C8H11FN2.ClH/c1-3-6-4-7(10)11-5(2)8(6)9;/h4H,3H2,1-2H3,(H2,10,11);1H. The first-order chi connectivity index (χ1) is 5.15. The lowest BCUT2D eigenvalue weighted by Gasteiger charge is -2.02. The summed E-state index contributed by atoms with van der Waals surface area (Å²) in [6.45, 7) is 3.50. The van der Waals surface area contributed by atoms with Gasteiger partial charge in [0.2, 0.25) is 0 Å². The van der Waals surface area contributed by atoms with Crippen LogP contribution in [-0.2, 0) is 6.42 Å². The zero-order valence-electron chi connectivity index (χ0n) is 7.10. The average molecular weight is 191 g/mol. The monoisotopic (exact) mass is 190 g/mol. The summed E-state index contributed by atoms with van der Waals surface area (Å²) >= 11 is 0. The fraction of sp³-hybridized carbons (Fsp3) is 0.375. The van der Waals surface area contributed by atoms with Crippen LogP contribution in [0.1, 0.15) is 18.2 Å². The van der Waals surface area contributed by atoms with Crippen molar-refractivity contribution in [3.8, 4) is 0 Å². The molecular weight excluding hydrogens is 179 g/mol. The number of aromatic nitrogens is 1. The summed E-state index contributed by atoms with van der Waals surface area (Å²) in [7, 11) is 0. The summed E-state index contributed by atoms with van der Waals surface area (Å²) in [5.41, 5.74) is 6.44. The Morgan fingerprint density at radius 1 is 1.58 bits per heavy atom. The number of anilines is 1. The molecule has 0 aromatic carbocycles. The third kappa shape index (κ3) is 2.08. The lowest BCUT2D eigenvalue weighted by Crippen LogP contribution is -1.99. The number of hydrogen-bond acceptors (Lipinski definition) is 2. The first-order valence-electron chi connectivity index (χ1n) is 3.56. The molecular formula is C8H12ClFN2. The molecule has 0 bridgehead atoms. The summed E-state index contributed by atoms with van der Waals surface area (Å²) in [5, 5.41) is 0. The number of halogens is 2. The molecule has 0 fully saturated rings. The zero-order valence-corrected chi connectivity index (χ0v) is 7.91. The second-order valence-corrected chi connectivity index (χ2v) is 2.46. The Morgan fingerprint density at radius 3 is 2.67 bits per heavy atom. The third-order valence-corrected chi connectivity index (χ3v) is 1.60. The lowest BCUT2D eigenvalue weighted by atomic mass is 10.1. The quantitative estimate of drug-likeness (QED) is 0.737. The highest BCUT2D eigenvalue weighted by molar-refractivity contribution is 5.85. The maximum atomic E-state index is 13.1. The van der Waals surface area contributed by atoms with Gasteiger partial charge in [-0.1, -0.05) is 6.92 Å². The van der Waals surface area contributed by atoms with E-state index in [1.807, 2.05) is 6.92 Å². The summed E-state index contributed by atoms with van der Waals surface area (Å²) in [6, 6.07) is 1.57. The Labute approximate surface area is 77.4 Å². The molecule has 0 saturated carbocycles. The van der Waals surface area contributed by atoms with Gasteiger partial charge in [0, 0.05) is 0 Å². The molecule has 1 aromatic rings. The van der Waals surface area contributed by atoms with E-state index >= 15 is 0 Å². The van der Waals surface area contributed by atoms with E-state index in [1.165, 1.54) is 0 Å². The van der Waals surface area contributed by atoms with Crippen molar-refractivity contribution < 1.29 is 4.39 Å². The smallest absolute Gasteiger partial charge is 0.147 e. The topological polar surface area (TPSA) is 38.9 Å². The Balaban J connectivity index is 0.00000121. The number of hydrogen-bond donors (Lipinski definition) is 1. The SMILES string of the molecule is CCc1cc(N)nc(C)c1F.Cl. The van der Waals surface area contributed by atoms with Crippen molar-refractivity contribution in [3.63, 3.8) is 0 Å². The average Bonchev–Trinajstić information content (AvgIpc) is 1.96. The van der Waals surface area contributed by atoms with Gasteiger partial charge in [0.25, 0.3) is 0 Å². The molecule has 4 heteroatoms. The Bertz CT molecular complexity index is 276. The van der Waals surface area contributed by atoms with E-state index in [0.717, 1.165) is 0 Å². The van der Waals surface area contributed by atoms with Crippen molar-refractivity contribution in [3.05, 3.63) is 23.1 Å². The molecule has 1 aromatic heterocycles. The molecule has 0 unspecified atom stereocenters. The molecule has 0 amide bonds. The molecule has 0 aliphatic heterocycles. The van der Waals surface area contributed by atoms with Crippen molar-refractivity contribution in [1.29, 1.82) is 0 Å². The van der Waals surface area contributed by atoms with Crippen molar-refractivity contribution in [2.45, 2.75) is 20.3 Å². The van der Waals surface area contributed by atoms with Crippen LogP contribution in [-0.4, -0.2) is 4.98 Å². The van der Waals surface area contributed by atoms with E-state index < -0.39 is 0 Å². The summed E-state index contributed by atoms with van der Waals surface area (Å²) in [5.74, 6) is 0.155. The van der Waals surface area contributed by atoms with Crippen LogP contribution < -0.4 is 5.73 Å². The number of nitrogens with zero attached hydrogens (tertiary/aromatic N) is 1. The van der Waals surface area contributed by atoms with Gasteiger partial charge in [0.1, 0.15) is 11.6 Å². The van der Waals surface area contributed by atoms with Gasteiger partial charge in [-0.05, 0) is 25.0 Å². The highest BCUT2D eigenvalue weighted by Gasteiger charge is 2.05. The Morgan fingerprint density at radius 2 is 2.17 bits per heavy atom. The van der Waals surface area contributed by atoms with Gasteiger partial charge in [-0.25, -0.2) is 9.37 Å². The minimum absolute atomic E-state index is 0. The van der Waals surface area contributed by atoms with Gasteiger partial charge in [0.05, 0.1) is 5.69 Å². The number of rotatable bonds is 1. The van der Waals surface area contributed by atoms with Gasteiger partial charge in [-0.15, -0.1) is 12.4 Å². The predicted molar refractivity (Wildman–Crippen MR) is 50.0 cm³/mol. The van der Waals surface area contributed by atoms with Crippen LogP contribution in [0.25, 0.3) is 0 Å². The summed E-state index contributed by atoms with van der Waals surface area (Å²) in [6.07, 6.45) is 0.652. The summed E-state index contributed by atoms with van der Waals surface area (Å²) < 4.78 is 13.1. The Kier molecular flexibility index (Phi) is 3.96. The zero-order chi connectivity index (χ0) is 8.43. The van der Waals surface area contributed by atoms with E-state index in [2.05, 4.69) is 4.98 Å². The van der Waals surface area contributed by atoms with Gasteiger partial charge < -0.3 is 5.73 Å². The molecule has 0 saturated heterocycles. The minimum atomic E-state index is -0.235. The second-order valence-electron chi connectivity index (χ2n) is 2.46. The van der Waals surface area contributed by atoms with Crippen LogP contribution >= 0.6 is 12.4 Å². The molecule has 0 radical (unpaired) electrons. The number of aryl methyl sites for hydroxylation is 2. The molecule has 0 aliphatic rings. The minimum Gasteiger partial charge on any atom is -0.384 e. The fourth-order valence-corrected chi connectivity index (χ4v) is 1.01.